The second-order valence-electron chi connectivity index (χ2n) is 9.39. The van der Waals surface area contributed by atoms with Crippen LogP contribution in [0.1, 0.15) is 43.4 Å². The molecule has 0 spiro atoms. The SMILES string of the molecule is COc1cc2c(c(OC)c1OC)-c1ccc(NCCCC(=O)Nc3ccccn3)c(=O)cc1C(NC(C)=O)CC2. The molecule has 2 aromatic carbocycles. The van der Waals surface area contributed by atoms with Crippen LogP contribution in [0.3, 0.4) is 0 Å². The monoisotopic (exact) mass is 546 g/mol. The summed E-state index contributed by atoms with van der Waals surface area (Å²) in [6.07, 6.45) is 3.59. The van der Waals surface area contributed by atoms with Gasteiger partial charge in [0.25, 0.3) is 0 Å². The molecule has 40 heavy (non-hydrogen) atoms. The molecule has 3 aromatic rings. The third-order valence-electron chi connectivity index (χ3n) is 6.74. The number of fused-ring (bicyclic) bond motifs is 3. The first kappa shape index (κ1) is 28.4. The molecule has 2 amide bonds. The summed E-state index contributed by atoms with van der Waals surface area (Å²) >= 11 is 0. The Bertz CT molecular complexity index is 1440. The lowest BCUT2D eigenvalue weighted by Gasteiger charge is -2.19. The molecule has 3 N–H and O–H groups in total. The van der Waals surface area contributed by atoms with Crippen LogP contribution in [0, 0.1) is 0 Å². The Hall–Kier alpha value is -4.60. The number of pyridine rings is 1. The minimum absolute atomic E-state index is 0.153. The second kappa shape index (κ2) is 13.0. The van der Waals surface area contributed by atoms with Crippen molar-refractivity contribution in [3.8, 4) is 28.4 Å². The van der Waals surface area contributed by atoms with Crippen molar-refractivity contribution in [1.82, 2.24) is 10.3 Å². The van der Waals surface area contributed by atoms with E-state index in [0.717, 1.165) is 16.7 Å². The number of carbonyl (C=O) groups is 2. The molecule has 0 saturated heterocycles. The number of rotatable bonds is 10. The first-order valence-electron chi connectivity index (χ1n) is 13.1. The first-order chi connectivity index (χ1) is 19.4. The van der Waals surface area contributed by atoms with E-state index in [2.05, 4.69) is 20.9 Å². The quantitative estimate of drug-likeness (QED) is 0.325. The zero-order valence-electron chi connectivity index (χ0n) is 23.1. The number of hydrogen-bond acceptors (Lipinski definition) is 8. The van der Waals surface area contributed by atoms with E-state index in [0.29, 0.717) is 60.1 Å². The minimum Gasteiger partial charge on any atom is -0.493 e. The van der Waals surface area contributed by atoms with Crippen molar-refractivity contribution < 1.29 is 23.8 Å². The van der Waals surface area contributed by atoms with E-state index < -0.39 is 0 Å². The Balaban J connectivity index is 1.65. The topological polar surface area (TPSA) is 128 Å². The van der Waals surface area contributed by atoms with Crippen molar-refractivity contribution in [3.05, 3.63) is 70.0 Å². The van der Waals surface area contributed by atoms with Gasteiger partial charge in [-0.3, -0.25) is 14.4 Å². The predicted octanol–water partition coefficient (Wildman–Crippen LogP) is 4.09. The van der Waals surface area contributed by atoms with Crippen LogP contribution in [0.5, 0.6) is 17.2 Å². The summed E-state index contributed by atoms with van der Waals surface area (Å²) < 4.78 is 17.0. The third kappa shape index (κ3) is 6.33. The Kier molecular flexibility index (Phi) is 9.21. The number of carbonyl (C=O) groups excluding carboxylic acids is 2. The maximum absolute atomic E-state index is 13.4. The first-order valence-corrected chi connectivity index (χ1v) is 13.1. The molecule has 0 saturated carbocycles. The molecular formula is C30H34N4O6. The molecule has 0 aliphatic heterocycles. The Morgan fingerprint density at radius 2 is 1.82 bits per heavy atom. The maximum Gasteiger partial charge on any atom is 0.225 e. The van der Waals surface area contributed by atoms with Gasteiger partial charge in [-0.1, -0.05) is 12.1 Å². The molecule has 1 unspecified atom stereocenters. The van der Waals surface area contributed by atoms with Crippen molar-refractivity contribution >= 4 is 23.3 Å². The molecule has 4 rings (SSSR count). The molecule has 1 aromatic heterocycles. The fourth-order valence-corrected chi connectivity index (χ4v) is 4.97. The van der Waals surface area contributed by atoms with Gasteiger partial charge in [0.2, 0.25) is 23.0 Å². The van der Waals surface area contributed by atoms with E-state index in [-0.39, 0.29) is 29.7 Å². The molecule has 1 aliphatic rings. The van der Waals surface area contributed by atoms with Gasteiger partial charge in [0, 0.05) is 31.6 Å². The molecule has 210 valence electrons. The summed E-state index contributed by atoms with van der Waals surface area (Å²) in [7, 11) is 4.68. The molecule has 10 nitrogen and oxygen atoms in total. The van der Waals surface area contributed by atoms with Crippen LogP contribution >= 0.6 is 0 Å². The highest BCUT2D eigenvalue weighted by atomic mass is 16.5. The number of aryl methyl sites for hydroxylation is 1. The van der Waals surface area contributed by atoms with Crippen LogP contribution in [0.4, 0.5) is 11.5 Å². The number of aromatic nitrogens is 1. The Labute approximate surface area is 233 Å². The van der Waals surface area contributed by atoms with Gasteiger partial charge >= 0.3 is 0 Å². The van der Waals surface area contributed by atoms with E-state index in [1.165, 1.54) is 6.92 Å². The van der Waals surface area contributed by atoms with Gasteiger partial charge in [-0.2, -0.15) is 0 Å². The Morgan fingerprint density at radius 1 is 1.02 bits per heavy atom. The van der Waals surface area contributed by atoms with E-state index in [9.17, 15) is 14.4 Å². The third-order valence-corrected chi connectivity index (χ3v) is 6.74. The predicted molar refractivity (Wildman–Crippen MR) is 153 cm³/mol. The van der Waals surface area contributed by atoms with Crippen molar-refractivity contribution in [1.29, 1.82) is 0 Å². The van der Waals surface area contributed by atoms with E-state index >= 15 is 0 Å². The summed E-state index contributed by atoms with van der Waals surface area (Å²) in [6.45, 7) is 1.88. The molecule has 1 aliphatic carbocycles. The zero-order chi connectivity index (χ0) is 28.6. The summed E-state index contributed by atoms with van der Waals surface area (Å²) in [4.78, 5) is 41.8. The second-order valence-corrected chi connectivity index (χ2v) is 9.39. The van der Waals surface area contributed by atoms with Crippen LogP contribution in [-0.4, -0.2) is 44.7 Å². The highest BCUT2D eigenvalue weighted by Crippen LogP contribution is 2.50. The number of hydrogen-bond donors (Lipinski definition) is 3. The largest absolute Gasteiger partial charge is 0.493 e. The van der Waals surface area contributed by atoms with Crippen molar-refractivity contribution in [3.63, 3.8) is 0 Å². The number of ether oxygens (including phenoxy) is 3. The molecule has 0 bridgehead atoms. The molecule has 10 heteroatoms. The van der Waals surface area contributed by atoms with Crippen molar-refractivity contribution in [2.75, 3.05) is 38.5 Å². The fourth-order valence-electron chi connectivity index (χ4n) is 4.97. The number of amides is 2. The fraction of sp³-hybridized carbons (Fsp3) is 0.333. The molecule has 0 radical (unpaired) electrons. The van der Waals surface area contributed by atoms with Gasteiger partial charge in [-0.15, -0.1) is 0 Å². The highest BCUT2D eigenvalue weighted by molar-refractivity contribution is 5.89. The number of methoxy groups -OCH3 is 3. The number of benzene rings is 1. The zero-order valence-corrected chi connectivity index (χ0v) is 23.1. The van der Waals surface area contributed by atoms with E-state index in [4.69, 9.17) is 14.2 Å². The standard InChI is InChI=1S/C30H34N4O6/c1-18(35)33-22-12-10-19-16-25(38-2)29(39-3)30(40-4)28(19)20-11-13-23(24(36)17-21(20)22)31-15-7-9-27(37)34-26-8-5-6-14-32-26/h5-6,8,11,13-14,16-17,22H,7,9-10,12,15H2,1-4H3,(H,31,36)(H,33,35)(H,32,34,37). The normalized spacial score (nSPS) is 13.7. The molecule has 1 heterocycles. The summed E-state index contributed by atoms with van der Waals surface area (Å²) in [5, 5.41) is 8.92. The van der Waals surface area contributed by atoms with Crippen LogP contribution in [0.2, 0.25) is 0 Å². The highest BCUT2D eigenvalue weighted by Gasteiger charge is 2.29. The number of anilines is 2. The van der Waals surface area contributed by atoms with Gasteiger partial charge in [0.1, 0.15) is 5.82 Å². The van der Waals surface area contributed by atoms with Gasteiger partial charge in [0.05, 0.1) is 33.1 Å². The average molecular weight is 547 g/mol. The van der Waals surface area contributed by atoms with Gasteiger partial charge in [0.15, 0.2) is 11.5 Å². The minimum atomic E-state index is -0.384. The van der Waals surface area contributed by atoms with Crippen LogP contribution in [0.15, 0.2) is 53.5 Å². The Morgan fingerprint density at radius 3 is 2.50 bits per heavy atom. The lowest BCUT2D eigenvalue weighted by Crippen LogP contribution is -2.26. The summed E-state index contributed by atoms with van der Waals surface area (Å²) in [6, 6.07) is 12.0. The average Bonchev–Trinajstić information content (AvgIpc) is 3.19. The molecule has 0 fully saturated rings. The smallest absolute Gasteiger partial charge is 0.225 e. The van der Waals surface area contributed by atoms with Crippen molar-refractivity contribution in [2.45, 2.75) is 38.6 Å². The van der Waals surface area contributed by atoms with Crippen LogP contribution in [-0.2, 0) is 16.0 Å². The summed E-state index contributed by atoms with van der Waals surface area (Å²) in [5.74, 6) is 1.64. The van der Waals surface area contributed by atoms with E-state index in [1.807, 2.05) is 12.1 Å². The van der Waals surface area contributed by atoms with Gasteiger partial charge in [-0.05, 0) is 66.3 Å². The maximum atomic E-state index is 13.4. The van der Waals surface area contributed by atoms with Crippen molar-refractivity contribution in [2.24, 2.45) is 0 Å². The lowest BCUT2D eigenvalue weighted by atomic mass is 9.95. The summed E-state index contributed by atoms with van der Waals surface area (Å²) in [5.41, 5.74) is 3.35. The number of nitrogens with one attached hydrogen (secondary N) is 3. The molecule has 1 atom stereocenters. The number of nitrogens with zero attached hydrogens (tertiary/aromatic N) is 1. The van der Waals surface area contributed by atoms with Crippen LogP contribution in [0.25, 0.3) is 11.1 Å². The lowest BCUT2D eigenvalue weighted by molar-refractivity contribution is -0.119. The van der Waals surface area contributed by atoms with Gasteiger partial charge in [-0.25, -0.2) is 4.98 Å². The molecular weight excluding hydrogens is 512 g/mol. The van der Waals surface area contributed by atoms with E-state index in [1.54, 1.807) is 57.9 Å². The van der Waals surface area contributed by atoms with Gasteiger partial charge < -0.3 is 30.2 Å². The van der Waals surface area contributed by atoms with Crippen LogP contribution < -0.4 is 35.6 Å².